The van der Waals surface area contributed by atoms with Crippen LogP contribution in [0.4, 0.5) is 5.69 Å². The monoisotopic (exact) mass is 248 g/mol. The Morgan fingerprint density at radius 1 is 1.35 bits per heavy atom. The number of nitrogens with zero attached hydrogens (tertiary/aromatic N) is 2. The van der Waals surface area contributed by atoms with Crippen LogP contribution in [0.1, 0.15) is 23.2 Å². The van der Waals surface area contributed by atoms with Crippen LogP contribution in [0, 0.1) is 11.3 Å². The lowest BCUT2D eigenvalue weighted by Crippen LogP contribution is -2.30. The molecule has 0 fully saturated rings. The number of hydrogen-bond acceptors (Lipinski definition) is 3. The number of halogens is 1. The molecule has 2 rings (SSSR count). The first kappa shape index (κ1) is 11.6. The minimum atomic E-state index is -0.564. The number of unbranched alkanes of at least 4 members (excludes halogenated alkanes) is 1. The zero-order valence-electron chi connectivity index (χ0n) is 8.94. The van der Waals surface area contributed by atoms with E-state index in [2.05, 4.69) is 0 Å². The predicted octanol–water partition coefficient (Wildman–Crippen LogP) is 2.17. The van der Waals surface area contributed by atoms with Crippen LogP contribution >= 0.6 is 11.6 Å². The second kappa shape index (κ2) is 4.56. The molecule has 0 bridgehead atoms. The minimum Gasteiger partial charge on any atom is -0.303 e. The number of hydrogen-bond donors (Lipinski definition) is 0. The maximum Gasteiger partial charge on any atom is 0.299 e. The number of Topliss-reactive ketones (excluding diaryl/α,β-unsaturated/α-hetero) is 1. The van der Waals surface area contributed by atoms with Crippen molar-refractivity contribution >= 4 is 29.0 Å². The van der Waals surface area contributed by atoms with Gasteiger partial charge in [-0.25, -0.2) is 0 Å². The summed E-state index contributed by atoms with van der Waals surface area (Å²) in [6.45, 7) is 0.342. The molecule has 0 saturated carbocycles. The molecule has 0 unspecified atom stereocenters. The van der Waals surface area contributed by atoms with Crippen LogP contribution in [-0.2, 0) is 4.79 Å². The van der Waals surface area contributed by atoms with Gasteiger partial charge in [0, 0.05) is 13.0 Å². The first-order chi connectivity index (χ1) is 8.16. The van der Waals surface area contributed by atoms with Gasteiger partial charge in [0.1, 0.15) is 0 Å². The van der Waals surface area contributed by atoms with Gasteiger partial charge in [-0.05, 0) is 18.6 Å². The third-order valence-corrected chi connectivity index (χ3v) is 2.92. The Bertz CT molecular complexity index is 534. The number of anilines is 1. The fourth-order valence-electron chi connectivity index (χ4n) is 1.84. The zero-order chi connectivity index (χ0) is 12.4. The first-order valence-corrected chi connectivity index (χ1v) is 5.56. The van der Waals surface area contributed by atoms with Crippen LogP contribution in [0.15, 0.2) is 18.2 Å². The summed E-state index contributed by atoms with van der Waals surface area (Å²) in [5.74, 6) is -1.09. The first-order valence-electron chi connectivity index (χ1n) is 5.18. The number of fused-ring (bicyclic) bond motifs is 1. The van der Waals surface area contributed by atoms with Gasteiger partial charge in [0.15, 0.2) is 0 Å². The average molecular weight is 249 g/mol. The Morgan fingerprint density at radius 2 is 2.12 bits per heavy atom. The molecule has 1 aromatic rings. The van der Waals surface area contributed by atoms with Crippen LogP contribution in [-0.4, -0.2) is 18.2 Å². The van der Waals surface area contributed by atoms with Crippen molar-refractivity contribution < 1.29 is 9.59 Å². The summed E-state index contributed by atoms with van der Waals surface area (Å²) < 4.78 is 0. The fraction of sp³-hybridized carbons (Fsp3) is 0.250. The molecular formula is C12H9ClN2O2. The normalized spacial score (nSPS) is 13.8. The summed E-state index contributed by atoms with van der Waals surface area (Å²) in [6.07, 6.45) is 0.873. The van der Waals surface area contributed by atoms with Crippen molar-refractivity contribution in [2.75, 3.05) is 11.4 Å². The molecule has 1 amide bonds. The van der Waals surface area contributed by atoms with Crippen LogP contribution in [0.5, 0.6) is 0 Å². The van der Waals surface area contributed by atoms with Crippen molar-refractivity contribution in [1.82, 2.24) is 0 Å². The number of carbonyl (C=O) groups is 2. The molecule has 0 N–H and O–H groups in total. The van der Waals surface area contributed by atoms with Crippen LogP contribution in [0.2, 0.25) is 5.02 Å². The van der Waals surface area contributed by atoms with Gasteiger partial charge in [-0.15, -0.1) is 0 Å². The molecule has 1 aliphatic heterocycles. The van der Waals surface area contributed by atoms with Gasteiger partial charge in [-0.3, -0.25) is 9.59 Å². The van der Waals surface area contributed by atoms with Crippen molar-refractivity contribution in [2.24, 2.45) is 0 Å². The third kappa shape index (κ3) is 1.90. The lowest BCUT2D eigenvalue weighted by Gasteiger charge is -2.16. The lowest BCUT2D eigenvalue weighted by atomic mass is 10.1. The van der Waals surface area contributed by atoms with E-state index in [-0.39, 0.29) is 0 Å². The van der Waals surface area contributed by atoms with Gasteiger partial charge in [0.2, 0.25) is 0 Å². The Kier molecular flexibility index (Phi) is 3.12. The predicted molar refractivity (Wildman–Crippen MR) is 63.0 cm³/mol. The highest BCUT2D eigenvalue weighted by Crippen LogP contribution is 2.35. The summed E-state index contributed by atoms with van der Waals surface area (Å²) in [4.78, 5) is 24.8. The molecule has 0 spiro atoms. The number of amides is 1. The van der Waals surface area contributed by atoms with E-state index >= 15 is 0 Å². The number of ketones is 1. The summed E-state index contributed by atoms with van der Waals surface area (Å²) >= 11 is 6.00. The van der Waals surface area contributed by atoms with Gasteiger partial charge in [0.05, 0.1) is 22.3 Å². The van der Waals surface area contributed by atoms with Crippen LogP contribution < -0.4 is 4.90 Å². The summed E-state index contributed by atoms with van der Waals surface area (Å²) in [5, 5.41) is 8.85. The van der Waals surface area contributed by atoms with E-state index in [0.29, 0.717) is 35.7 Å². The number of carbonyl (C=O) groups excluding carboxylic acids is 2. The molecule has 0 radical (unpaired) electrons. The minimum absolute atomic E-state index is 0.342. The molecule has 0 atom stereocenters. The molecule has 0 saturated heterocycles. The average Bonchev–Trinajstić information content (AvgIpc) is 2.56. The van der Waals surface area contributed by atoms with E-state index < -0.39 is 11.7 Å². The summed E-state index contributed by atoms with van der Waals surface area (Å²) in [7, 11) is 0. The van der Waals surface area contributed by atoms with Gasteiger partial charge in [0.25, 0.3) is 11.7 Å². The van der Waals surface area contributed by atoms with Gasteiger partial charge >= 0.3 is 0 Å². The Morgan fingerprint density at radius 3 is 2.82 bits per heavy atom. The molecule has 5 heteroatoms. The summed E-state index contributed by atoms with van der Waals surface area (Å²) in [5.41, 5.74) is 0.821. The second-order valence-corrected chi connectivity index (χ2v) is 4.09. The number of para-hydroxylation sites is 1. The molecule has 4 nitrogen and oxygen atoms in total. The van der Waals surface area contributed by atoms with E-state index in [1.165, 1.54) is 4.90 Å². The van der Waals surface area contributed by atoms with E-state index in [0.717, 1.165) is 0 Å². The molecule has 17 heavy (non-hydrogen) atoms. The molecule has 0 aromatic heterocycles. The third-order valence-electron chi connectivity index (χ3n) is 2.61. The van der Waals surface area contributed by atoms with E-state index in [1.807, 2.05) is 6.07 Å². The highest BCUT2D eigenvalue weighted by Gasteiger charge is 2.36. The SMILES string of the molecule is N#CCCCN1C(=O)C(=O)c2cccc(Cl)c21. The van der Waals surface area contributed by atoms with Crippen molar-refractivity contribution in [2.45, 2.75) is 12.8 Å². The number of nitriles is 1. The molecule has 1 heterocycles. The topological polar surface area (TPSA) is 61.2 Å². The maximum atomic E-state index is 11.7. The van der Waals surface area contributed by atoms with Gasteiger partial charge in [-0.1, -0.05) is 17.7 Å². The Labute approximate surface area is 103 Å². The van der Waals surface area contributed by atoms with Crippen LogP contribution in [0.3, 0.4) is 0 Å². The molecule has 1 aromatic carbocycles. The summed E-state index contributed by atoms with van der Waals surface area (Å²) in [6, 6.07) is 6.88. The van der Waals surface area contributed by atoms with Crippen molar-refractivity contribution in [3.05, 3.63) is 28.8 Å². The standard InChI is InChI=1S/C12H9ClN2O2/c13-9-5-3-4-8-10(9)15(7-2-1-6-14)12(17)11(8)16/h3-5H,1-2,7H2. The van der Waals surface area contributed by atoms with Gasteiger partial charge < -0.3 is 4.90 Å². The maximum absolute atomic E-state index is 11.7. The van der Waals surface area contributed by atoms with E-state index in [4.69, 9.17) is 16.9 Å². The smallest absolute Gasteiger partial charge is 0.299 e. The van der Waals surface area contributed by atoms with E-state index in [9.17, 15) is 9.59 Å². The van der Waals surface area contributed by atoms with Crippen molar-refractivity contribution in [1.29, 1.82) is 5.26 Å². The van der Waals surface area contributed by atoms with Crippen LogP contribution in [0.25, 0.3) is 0 Å². The lowest BCUT2D eigenvalue weighted by molar-refractivity contribution is -0.114. The highest BCUT2D eigenvalue weighted by molar-refractivity contribution is 6.54. The van der Waals surface area contributed by atoms with E-state index in [1.54, 1.807) is 18.2 Å². The zero-order valence-corrected chi connectivity index (χ0v) is 9.70. The quantitative estimate of drug-likeness (QED) is 0.608. The Hall–Kier alpha value is -1.86. The van der Waals surface area contributed by atoms with Gasteiger partial charge in [-0.2, -0.15) is 5.26 Å². The largest absolute Gasteiger partial charge is 0.303 e. The molecular weight excluding hydrogens is 240 g/mol. The molecule has 86 valence electrons. The van der Waals surface area contributed by atoms with Crippen molar-refractivity contribution in [3.63, 3.8) is 0 Å². The number of benzene rings is 1. The van der Waals surface area contributed by atoms with Crippen molar-refractivity contribution in [3.8, 4) is 6.07 Å². The molecule has 1 aliphatic rings. The Balaban J connectivity index is 2.34. The fourth-order valence-corrected chi connectivity index (χ4v) is 2.12. The second-order valence-electron chi connectivity index (χ2n) is 3.68. The molecule has 0 aliphatic carbocycles. The number of rotatable bonds is 3. The highest BCUT2D eigenvalue weighted by atomic mass is 35.5.